The Morgan fingerprint density at radius 1 is 1.31 bits per heavy atom. The Hall–Kier alpha value is -1.37. The van der Waals surface area contributed by atoms with Crippen LogP contribution in [0.2, 0.25) is 0 Å². The van der Waals surface area contributed by atoms with Crippen molar-refractivity contribution >= 4 is 11.5 Å². The summed E-state index contributed by atoms with van der Waals surface area (Å²) in [6.45, 7) is 0.627. The molecule has 0 fully saturated rings. The van der Waals surface area contributed by atoms with Crippen LogP contribution in [-0.4, -0.2) is 45.7 Å². The fourth-order valence-electron chi connectivity index (χ4n) is 1.18. The highest BCUT2D eigenvalue weighted by atomic mass is 16.3. The lowest BCUT2D eigenvalue weighted by atomic mass is 10.0. The number of nitrogens with one attached hydrogen (secondary N) is 1. The number of hydrogen-bond donors (Lipinski definition) is 5. The molecule has 0 aromatic carbocycles. The fraction of sp³-hybridized carbons (Fsp3) is 0.500. The summed E-state index contributed by atoms with van der Waals surface area (Å²) in [4.78, 5) is 4.00. The van der Waals surface area contributed by atoms with Crippen LogP contribution < -0.4 is 11.1 Å². The molecule has 1 aromatic rings. The van der Waals surface area contributed by atoms with Gasteiger partial charge in [-0.25, -0.2) is 4.98 Å². The number of aliphatic hydroxyl groups is 3. The Morgan fingerprint density at radius 2 is 1.88 bits per heavy atom. The van der Waals surface area contributed by atoms with Gasteiger partial charge in [0, 0.05) is 0 Å². The Balaban J connectivity index is 2.89. The zero-order valence-electron chi connectivity index (χ0n) is 9.14. The van der Waals surface area contributed by atoms with Crippen molar-refractivity contribution in [2.24, 2.45) is 0 Å². The van der Waals surface area contributed by atoms with Crippen molar-refractivity contribution in [3.05, 3.63) is 17.8 Å². The maximum Gasteiger partial charge on any atom is 0.126 e. The molecule has 0 saturated heterocycles. The zero-order chi connectivity index (χ0) is 12.2. The minimum absolute atomic E-state index is 0.398. The minimum Gasteiger partial charge on any atom is -0.397 e. The molecule has 1 aromatic heterocycles. The molecule has 0 aliphatic carbocycles. The van der Waals surface area contributed by atoms with E-state index in [1.54, 1.807) is 6.07 Å². The summed E-state index contributed by atoms with van der Waals surface area (Å²) in [5.41, 5.74) is 5.84. The van der Waals surface area contributed by atoms with E-state index in [9.17, 15) is 0 Å². The van der Waals surface area contributed by atoms with Crippen LogP contribution in [0.15, 0.2) is 12.3 Å². The van der Waals surface area contributed by atoms with E-state index in [4.69, 9.17) is 21.1 Å². The molecular formula is C10H17N3O3. The van der Waals surface area contributed by atoms with Crippen molar-refractivity contribution in [3.63, 3.8) is 0 Å². The van der Waals surface area contributed by atoms with Gasteiger partial charge in [0.15, 0.2) is 0 Å². The number of aliphatic hydroxyl groups excluding tert-OH is 3. The highest BCUT2D eigenvalue weighted by Gasteiger charge is 2.28. The lowest BCUT2D eigenvalue weighted by Crippen LogP contribution is -2.49. The van der Waals surface area contributed by atoms with Crippen LogP contribution in [0.1, 0.15) is 5.56 Å². The first kappa shape index (κ1) is 12.7. The number of nitrogens with zero attached hydrogens (tertiary/aromatic N) is 1. The molecule has 1 heterocycles. The SMILES string of the molecule is Cc1cc(NC(CO)(CO)CO)ncc1N. The van der Waals surface area contributed by atoms with Gasteiger partial charge in [-0.2, -0.15) is 0 Å². The third-order valence-corrected chi connectivity index (χ3v) is 2.45. The van der Waals surface area contributed by atoms with E-state index >= 15 is 0 Å². The summed E-state index contributed by atoms with van der Waals surface area (Å²) in [6, 6.07) is 1.69. The van der Waals surface area contributed by atoms with Crippen LogP contribution in [0.4, 0.5) is 11.5 Å². The van der Waals surface area contributed by atoms with E-state index in [2.05, 4.69) is 10.3 Å². The van der Waals surface area contributed by atoms with E-state index in [0.29, 0.717) is 11.5 Å². The first-order chi connectivity index (χ1) is 7.56. The summed E-state index contributed by atoms with van der Waals surface area (Å²) < 4.78 is 0. The number of aryl methyl sites for hydroxylation is 1. The second kappa shape index (κ2) is 5.11. The molecule has 0 aliphatic heterocycles. The maximum absolute atomic E-state index is 9.13. The minimum atomic E-state index is -1.17. The summed E-state index contributed by atoms with van der Waals surface area (Å²) in [7, 11) is 0. The number of nitrogen functional groups attached to an aromatic ring is 1. The van der Waals surface area contributed by atoms with Crippen LogP contribution in [0.25, 0.3) is 0 Å². The van der Waals surface area contributed by atoms with Crippen LogP contribution in [0, 0.1) is 6.92 Å². The van der Waals surface area contributed by atoms with Gasteiger partial charge in [-0.3, -0.25) is 0 Å². The molecule has 16 heavy (non-hydrogen) atoms. The first-order valence-electron chi connectivity index (χ1n) is 4.90. The average Bonchev–Trinajstić information content (AvgIpc) is 2.31. The molecule has 0 saturated carbocycles. The van der Waals surface area contributed by atoms with Crippen molar-refractivity contribution in [3.8, 4) is 0 Å². The number of nitrogens with two attached hydrogens (primary N) is 1. The summed E-state index contributed by atoms with van der Waals surface area (Å²) in [6.07, 6.45) is 1.48. The lowest BCUT2D eigenvalue weighted by Gasteiger charge is -2.29. The van der Waals surface area contributed by atoms with Gasteiger partial charge in [0.25, 0.3) is 0 Å². The molecule has 1 rings (SSSR count). The van der Waals surface area contributed by atoms with Crippen molar-refractivity contribution in [2.45, 2.75) is 12.5 Å². The monoisotopic (exact) mass is 227 g/mol. The van der Waals surface area contributed by atoms with Crippen molar-refractivity contribution in [2.75, 3.05) is 30.9 Å². The third-order valence-electron chi connectivity index (χ3n) is 2.45. The predicted octanol–water partition coefficient (Wildman–Crippen LogP) is -0.900. The lowest BCUT2D eigenvalue weighted by molar-refractivity contribution is 0.0831. The molecule has 0 bridgehead atoms. The van der Waals surface area contributed by atoms with Gasteiger partial charge in [0.2, 0.25) is 0 Å². The Labute approximate surface area is 93.7 Å². The van der Waals surface area contributed by atoms with E-state index in [1.165, 1.54) is 6.20 Å². The average molecular weight is 227 g/mol. The van der Waals surface area contributed by atoms with Gasteiger partial charge in [0.05, 0.1) is 31.7 Å². The van der Waals surface area contributed by atoms with Crippen LogP contribution in [0.5, 0.6) is 0 Å². The van der Waals surface area contributed by atoms with Gasteiger partial charge in [-0.05, 0) is 18.6 Å². The van der Waals surface area contributed by atoms with E-state index < -0.39 is 25.4 Å². The largest absolute Gasteiger partial charge is 0.397 e. The molecule has 0 radical (unpaired) electrons. The van der Waals surface area contributed by atoms with Gasteiger partial charge >= 0.3 is 0 Å². The normalized spacial score (nSPS) is 11.5. The number of anilines is 2. The van der Waals surface area contributed by atoms with Crippen LogP contribution in [-0.2, 0) is 0 Å². The van der Waals surface area contributed by atoms with Gasteiger partial charge in [0.1, 0.15) is 11.4 Å². The molecule has 0 amide bonds. The van der Waals surface area contributed by atoms with Crippen LogP contribution >= 0.6 is 0 Å². The molecule has 0 unspecified atom stereocenters. The number of hydrogen-bond acceptors (Lipinski definition) is 6. The maximum atomic E-state index is 9.13. The van der Waals surface area contributed by atoms with Gasteiger partial charge in [-0.1, -0.05) is 0 Å². The molecule has 0 atom stereocenters. The predicted molar refractivity (Wildman–Crippen MR) is 61.0 cm³/mol. The fourth-order valence-corrected chi connectivity index (χ4v) is 1.18. The number of aromatic nitrogens is 1. The van der Waals surface area contributed by atoms with E-state index in [-0.39, 0.29) is 0 Å². The number of rotatable bonds is 5. The quantitative estimate of drug-likeness (QED) is 0.446. The Kier molecular flexibility index (Phi) is 4.05. The van der Waals surface area contributed by atoms with Gasteiger partial charge < -0.3 is 26.4 Å². The smallest absolute Gasteiger partial charge is 0.126 e. The van der Waals surface area contributed by atoms with Crippen LogP contribution in [0.3, 0.4) is 0 Å². The number of pyridine rings is 1. The van der Waals surface area contributed by atoms with Crippen molar-refractivity contribution in [1.29, 1.82) is 0 Å². The van der Waals surface area contributed by atoms with E-state index in [1.807, 2.05) is 6.92 Å². The second-order valence-electron chi connectivity index (χ2n) is 3.81. The first-order valence-corrected chi connectivity index (χ1v) is 4.90. The van der Waals surface area contributed by atoms with E-state index in [0.717, 1.165) is 5.56 Å². The van der Waals surface area contributed by atoms with Gasteiger partial charge in [-0.15, -0.1) is 0 Å². The summed E-state index contributed by atoms with van der Waals surface area (Å²) in [5, 5.41) is 30.2. The van der Waals surface area contributed by atoms with Crippen molar-refractivity contribution in [1.82, 2.24) is 4.98 Å². The summed E-state index contributed by atoms with van der Waals surface area (Å²) in [5.74, 6) is 0.448. The standard InChI is InChI=1S/C10H17N3O3/c1-7-2-9(12-3-8(7)11)13-10(4-14,5-15)6-16/h2-3,14-16H,4-6,11H2,1H3,(H,12,13). The molecule has 0 spiro atoms. The molecular weight excluding hydrogens is 210 g/mol. The molecule has 6 heteroatoms. The molecule has 0 aliphatic rings. The molecule has 90 valence electrons. The Morgan fingerprint density at radius 3 is 2.31 bits per heavy atom. The van der Waals surface area contributed by atoms with Crippen molar-refractivity contribution < 1.29 is 15.3 Å². The summed E-state index contributed by atoms with van der Waals surface area (Å²) >= 11 is 0. The second-order valence-corrected chi connectivity index (χ2v) is 3.81. The molecule has 6 N–H and O–H groups in total. The topological polar surface area (TPSA) is 112 Å². The Bertz CT molecular complexity index is 345. The molecule has 6 nitrogen and oxygen atoms in total. The highest BCUT2D eigenvalue weighted by molar-refractivity contribution is 5.51. The zero-order valence-corrected chi connectivity index (χ0v) is 9.14. The third kappa shape index (κ3) is 2.60. The highest BCUT2D eigenvalue weighted by Crippen LogP contribution is 2.17.